The molecule has 1 saturated carbocycles. The van der Waals surface area contributed by atoms with Crippen LogP contribution in [0.15, 0.2) is 29.3 Å². The van der Waals surface area contributed by atoms with Gasteiger partial charge in [-0.25, -0.2) is 4.99 Å². The van der Waals surface area contributed by atoms with Crippen molar-refractivity contribution in [1.82, 2.24) is 15.5 Å². The molecule has 0 radical (unpaired) electrons. The first-order valence-corrected chi connectivity index (χ1v) is 10.7. The van der Waals surface area contributed by atoms with Crippen molar-refractivity contribution in [3.63, 3.8) is 0 Å². The summed E-state index contributed by atoms with van der Waals surface area (Å²) >= 11 is 0. The average Bonchev–Trinajstić information content (AvgIpc) is 3.38. The summed E-state index contributed by atoms with van der Waals surface area (Å²) in [7, 11) is 4.09. The van der Waals surface area contributed by atoms with Gasteiger partial charge in [0.25, 0.3) is 0 Å². The van der Waals surface area contributed by atoms with Crippen molar-refractivity contribution in [3.05, 3.63) is 29.8 Å². The molecule has 7 heteroatoms. The molecular formula is C22H36IN5O. The van der Waals surface area contributed by atoms with Crippen LogP contribution >= 0.6 is 24.0 Å². The van der Waals surface area contributed by atoms with Crippen LogP contribution in [0.3, 0.4) is 0 Å². The van der Waals surface area contributed by atoms with Crippen LogP contribution in [0.25, 0.3) is 0 Å². The topological polar surface area (TPSA) is 60.0 Å². The minimum absolute atomic E-state index is 0. The molecule has 2 fully saturated rings. The Bertz CT molecular complexity index is 670. The maximum Gasteiger partial charge on any atom is 0.225 e. The minimum Gasteiger partial charge on any atom is -0.378 e. The molecule has 3 rings (SSSR count). The van der Waals surface area contributed by atoms with E-state index in [2.05, 4.69) is 51.6 Å². The van der Waals surface area contributed by atoms with Crippen LogP contribution in [-0.2, 0) is 11.3 Å². The van der Waals surface area contributed by atoms with Crippen molar-refractivity contribution >= 4 is 41.5 Å². The van der Waals surface area contributed by atoms with Crippen LogP contribution < -0.4 is 15.5 Å². The Morgan fingerprint density at radius 2 is 1.86 bits per heavy atom. The number of carbonyl (C=O) groups is 1. The molecule has 1 aromatic rings. The fourth-order valence-electron chi connectivity index (χ4n) is 4.09. The number of nitrogens with zero attached hydrogens (tertiary/aromatic N) is 3. The third kappa shape index (κ3) is 6.76. The highest BCUT2D eigenvalue weighted by Gasteiger charge is 2.32. The number of aliphatic imine (C=N–C) groups is 1. The Labute approximate surface area is 192 Å². The molecule has 0 aromatic heterocycles. The Hall–Kier alpha value is -1.51. The first-order valence-electron chi connectivity index (χ1n) is 10.7. The van der Waals surface area contributed by atoms with Crippen molar-refractivity contribution < 1.29 is 4.79 Å². The number of amides is 1. The zero-order valence-corrected chi connectivity index (χ0v) is 20.3. The fourth-order valence-corrected chi connectivity index (χ4v) is 4.09. The highest BCUT2D eigenvalue weighted by atomic mass is 127. The highest BCUT2D eigenvalue weighted by molar-refractivity contribution is 14.0. The largest absolute Gasteiger partial charge is 0.378 e. The van der Waals surface area contributed by atoms with Crippen LogP contribution in [0.4, 0.5) is 5.69 Å². The SMILES string of the molecule is CCNC(=NCc1ccc(N(C)C)cc1)NC1CCN(C(=O)C2CCCC2)C1.I. The van der Waals surface area contributed by atoms with Crippen LogP contribution in [0.5, 0.6) is 0 Å². The van der Waals surface area contributed by atoms with Crippen molar-refractivity contribution in [3.8, 4) is 0 Å². The number of guanidine groups is 1. The molecule has 1 amide bonds. The molecule has 162 valence electrons. The number of rotatable bonds is 6. The summed E-state index contributed by atoms with van der Waals surface area (Å²) in [4.78, 5) is 21.5. The molecule has 0 bridgehead atoms. The van der Waals surface area contributed by atoms with E-state index in [9.17, 15) is 4.79 Å². The second-order valence-electron chi connectivity index (χ2n) is 8.15. The van der Waals surface area contributed by atoms with Crippen LogP contribution in [0.1, 0.15) is 44.6 Å². The van der Waals surface area contributed by atoms with Gasteiger partial charge in [-0.3, -0.25) is 4.79 Å². The summed E-state index contributed by atoms with van der Waals surface area (Å²) in [5.74, 6) is 1.47. The lowest BCUT2D eigenvalue weighted by atomic mass is 10.1. The number of nitrogens with one attached hydrogen (secondary N) is 2. The highest BCUT2D eigenvalue weighted by Crippen LogP contribution is 2.27. The molecule has 29 heavy (non-hydrogen) atoms. The van der Waals surface area contributed by atoms with Gasteiger partial charge in [0.2, 0.25) is 5.91 Å². The van der Waals surface area contributed by atoms with Gasteiger partial charge in [-0.1, -0.05) is 25.0 Å². The Kier molecular flexibility index (Phi) is 9.52. The van der Waals surface area contributed by atoms with Gasteiger partial charge in [-0.15, -0.1) is 24.0 Å². The smallest absolute Gasteiger partial charge is 0.225 e. The van der Waals surface area contributed by atoms with E-state index in [0.29, 0.717) is 12.5 Å². The van der Waals surface area contributed by atoms with E-state index in [1.807, 2.05) is 14.1 Å². The van der Waals surface area contributed by atoms with E-state index in [4.69, 9.17) is 4.99 Å². The average molecular weight is 513 g/mol. The minimum atomic E-state index is 0. The normalized spacial score (nSPS) is 19.8. The van der Waals surface area contributed by atoms with Gasteiger partial charge in [-0.2, -0.15) is 0 Å². The molecule has 1 heterocycles. The molecule has 1 unspecified atom stereocenters. The molecule has 2 N–H and O–H groups in total. The Balaban J connectivity index is 0.00000300. The van der Waals surface area contributed by atoms with E-state index < -0.39 is 0 Å². The second-order valence-corrected chi connectivity index (χ2v) is 8.15. The number of likely N-dealkylation sites (tertiary alicyclic amines) is 1. The third-order valence-corrected chi connectivity index (χ3v) is 5.76. The number of hydrogen-bond donors (Lipinski definition) is 2. The summed E-state index contributed by atoms with van der Waals surface area (Å²) in [6.45, 7) is 5.19. The summed E-state index contributed by atoms with van der Waals surface area (Å²) in [6.07, 6.45) is 5.55. The van der Waals surface area contributed by atoms with Crippen LogP contribution in [0.2, 0.25) is 0 Å². The lowest BCUT2D eigenvalue weighted by Crippen LogP contribution is -2.45. The van der Waals surface area contributed by atoms with Crippen molar-refractivity contribution in [2.75, 3.05) is 38.6 Å². The maximum atomic E-state index is 12.6. The Morgan fingerprint density at radius 1 is 1.17 bits per heavy atom. The molecule has 1 atom stereocenters. The van der Waals surface area contributed by atoms with E-state index >= 15 is 0 Å². The number of anilines is 1. The van der Waals surface area contributed by atoms with E-state index in [1.54, 1.807) is 0 Å². The van der Waals surface area contributed by atoms with Crippen LogP contribution in [-0.4, -0.2) is 56.5 Å². The van der Waals surface area contributed by atoms with Gasteiger partial charge in [0.1, 0.15) is 0 Å². The predicted molar refractivity (Wildman–Crippen MR) is 131 cm³/mol. The zero-order valence-electron chi connectivity index (χ0n) is 18.0. The van der Waals surface area contributed by atoms with Crippen LogP contribution in [0, 0.1) is 5.92 Å². The lowest BCUT2D eigenvalue weighted by molar-refractivity contribution is -0.134. The van der Waals surface area contributed by atoms with Crippen molar-refractivity contribution in [2.24, 2.45) is 10.9 Å². The monoisotopic (exact) mass is 513 g/mol. The molecule has 6 nitrogen and oxygen atoms in total. The first-order chi connectivity index (χ1) is 13.6. The van der Waals surface area contributed by atoms with Gasteiger partial charge in [0.15, 0.2) is 5.96 Å². The molecule has 1 aliphatic heterocycles. The fraction of sp³-hybridized carbons (Fsp3) is 0.636. The summed E-state index contributed by atoms with van der Waals surface area (Å²) in [5.41, 5.74) is 2.38. The molecule has 1 saturated heterocycles. The Morgan fingerprint density at radius 3 is 2.48 bits per heavy atom. The maximum absolute atomic E-state index is 12.6. The molecule has 0 spiro atoms. The van der Waals surface area contributed by atoms with Crippen molar-refractivity contribution in [2.45, 2.75) is 51.6 Å². The quantitative estimate of drug-likeness (QED) is 0.349. The van der Waals surface area contributed by atoms with E-state index in [1.165, 1.54) is 24.1 Å². The third-order valence-electron chi connectivity index (χ3n) is 5.76. The molecule has 1 aromatic carbocycles. The number of benzene rings is 1. The lowest BCUT2D eigenvalue weighted by Gasteiger charge is -2.21. The van der Waals surface area contributed by atoms with Gasteiger partial charge >= 0.3 is 0 Å². The standard InChI is InChI=1S/C22H35N5O.HI/c1-4-23-22(24-15-17-9-11-20(12-10-17)26(2)3)25-19-13-14-27(16-19)21(28)18-7-5-6-8-18;/h9-12,18-19H,4-8,13-16H2,1-3H3,(H2,23,24,25);1H. The number of carbonyl (C=O) groups excluding carboxylic acids is 1. The molecular weight excluding hydrogens is 477 g/mol. The van der Waals surface area contributed by atoms with Gasteiger partial charge < -0.3 is 20.4 Å². The van der Waals surface area contributed by atoms with Gasteiger partial charge in [0, 0.05) is 51.4 Å². The number of halogens is 1. The second kappa shape index (κ2) is 11.6. The summed E-state index contributed by atoms with van der Waals surface area (Å²) in [5, 5.41) is 6.86. The summed E-state index contributed by atoms with van der Waals surface area (Å²) in [6, 6.07) is 8.77. The van der Waals surface area contributed by atoms with Crippen molar-refractivity contribution in [1.29, 1.82) is 0 Å². The zero-order chi connectivity index (χ0) is 19.9. The van der Waals surface area contributed by atoms with E-state index in [0.717, 1.165) is 44.9 Å². The van der Waals surface area contributed by atoms with Gasteiger partial charge in [-0.05, 0) is 43.9 Å². The number of hydrogen-bond acceptors (Lipinski definition) is 3. The summed E-state index contributed by atoms with van der Waals surface area (Å²) < 4.78 is 0. The predicted octanol–water partition coefficient (Wildman–Crippen LogP) is 3.22. The molecule has 1 aliphatic carbocycles. The van der Waals surface area contributed by atoms with Gasteiger partial charge in [0.05, 0.1) is 6.54 Å². The van der Waals surface area contributed by atoms with E-state index in [-0.39, 0.29) is 35.9 Å². The molecule has 2 aliphatic rings. The first kappa shape index (κ1) is 23.8.